The molecule has 0 aliphatic carbocycles. The fraction of sp³-hybridized carbons (Fsp3) is 0.111. The average molecular weight is 363 g/mol. The highest BCUT2D eigenvalue weighted by molar-refractivity contribution is 6.02. The molecule has 0 aliphatic heterocycles. The Bertz CT molecular complexity index is 802. The third kappa shape index (κ3) is 5.10. The maximum absolute atomic E-state index is 12.6. The normalized spacial score (nSPS) is 10.7. The molecule has 3 N–H and O–H groups in total. The highest BCUT2D eigenvalue weighted by Gasteiger charge is 2.29. The zero-order valence-corrected chi connectivity index (χ0v) is 13.6. The van der Waals surface area contributed by atoms with E-state index in [4.69, 9.17) is 20.3 Å². The predicted octanol–water partition coefficient (Wildman–Crippen LogP) is 4.93. The van der Waals surface area contributed by atoms with Crippen LogP contribution in [0.3, 0.4) is 0 Å². The molecule has 0 fully saturated rings. The summed E-state index contributed by atoms with van der Waals surface area (Å²) in [6.45, 7) is 3.51. The van der Waals surface area contributed by atoms with E-state index in [1.807, 2.05) is 0 Å². The molecule has 8 heteroatoms. The van der Waals surface area contributed by atoms with E-state index < -0.39 is 17.8 Å². The molecular weight excluding hydrogens is 347 g/mol. The van der Waals surface area contributed by atoms with Crippen LogP contribution < -0.4 is 5.32 Å². The number of rotatable bonds is 5. The molecule has 0 atom stereocenters. The van der Waals surface area contributed by atoms with Crippen LogP contribution in [0.1, 0.15) is 11.1 Å². The van der Waals surface area contributed by atoms with E-state index >= 15 is 0 Å². The van der Waals surface area contributed by atoms with E-state index in [1.54, 1.807) is 24.3 Å². The summed E-state index contributed by atoms with van der Waals surface area (Å²) in [5.74, 6) is -0.339. The monoisotopic (exact) mass is 363 g/mol. The van der Waals surface area contributed by atoms with Gasteiger partial charge < -0.3 is 14.8 Å². The van der Waals surface area contributed by atoms with Gasteiger partial charge in [-0.25, -0.2) is 5.41 Å². The number of para-hydroxylation sites is 1. The Balaban J connectivity index is 2.14. The summed E-state index contributed by atoms with van der Waals surface area (Å²) in [6.07, 6.45) is -3.53. The van der Waals surface area contributed by atoms with Crippen LogP contribution in [0.4, 0.5) is 24.5 Å². The standard InChI is InChI=1S/C18H16F3N3O2/c1-2-11-25-17(23)26-16(22)14-5-3-4-6-15(14)24-13-9-7-12(8-10-13)18(19,20)21/h2-10,22-24H,1,11H2. The third-order valence-electron chi connectivity index (χ3n) is 3.19. The van der Waals surface area contributed by atoms with Gasteiger partial charge in [-0.05, 0) is 36.4 Å². The topological polar surface area (TPSA) is 78.2 Å². The maximum atomic E-state index is 12.6. The van der Waals surface area contributed by atoms with Crippen LogP contribution in [0.5, 0.6) is 0 Å². The first-order valence-electron chi connectivity index (χ1n) is 7.43. The summed E-state index contributed by atoms with van der Waals surface area (Å²) in [6, 6.07) is 11.1. The van der Waals surface area contributed by atoms with Crippen molar-refractivity contribution in [2.75, 3.05) is 11.9 Å². The molecule has 0 saturated heterocycles. The number of halogens is 3. The van der Waals surface area contributed by atoms with Crippen molar-refractivity contribution in [1.82, 2.24) is 0 Å². The molecule has 136 valence electrons. The van der Waals surface area contributed by atoms with Gasteiger partial charge in [0.25, 0.3) is 0 Å². The molecule has 0 saturated carbocycles. The van der Waals surface area contributed by atoms with E-state index in [9.17, 15) is 13.2 Å². The van der Waals surface area contributed by atoms with E-state index in [-0.39, 0.29) is 12.5 Å². The average Bonchev–Trinajstić information content (AvgIpc) is 2.60. The Hall–Kier alpha value is -3.29. The number of hydrogen-bond donors (Lipinski definition) is 3. The number of alkyl halides is 3. The Morgan fingerprint density at radius 2 is 1.73 bits per heavy atom. The fourth-order valence-corrected chi connectivity index (χ4v) is 2.00. The Labute approximate surface area is 148 Å². The highest BCUT2D eigenvalue weighted by atomic mass is 19.4. The summed E-state index contributed by atoms with van der Waals surface area (Å²) in [4.78, 5) is 0. The first-order valence-corrected chi connectivity index (χ1v) is 7.43. The molecule has 0 aromatic heterocycles. The van der Waals surface area contributed by atoms with Gasteiger partial charge in [0.15, 0.2) is 0 Å². The number of anilines is 2. The lowest BCUT2D eigenvalue weighted by Crippen LogP contribution is -2.16. The van der Waals surface area contributed by atoms with Gasteiger partial charge in [-0.3, -0.25) is 5.41 Å². The van der Waals surface area contributed by atoms with Gasteiger partial charge in [-0.2, -0.15) is 13.2 Å². The molecule has 0 amide bonds. The van der Waals surface area contributed by atoms with Gasteiger partial charge in [0, 0.05) is 5.69 Å². The molecule has 26 heavy (non-hydrogen) atoms. The summed E-state index contributed by atoms with van der Waals surface area (Å²) < 4.78 is 47.7. The molecule has 2 aromatic carbocycles. The first-order chi connectivity index (χ1) is 12.3. The van der Waals surface area contributed by atoms with E-state index in [1.165, 1.54) is 18.2 Å². The van der Waals surface area contributed by atoms with E-state index in [0.29, 0.717) is 16.9 Å². The molecular formula is C18H16F3N3O2. The van der Waals surface area contributed by atoms with Crippen molar-refractivity contribution in [1.29, 1.82) is 10.8 Å². The van der Waals surface area contributed by atoms with Crippen LogP contribution in [0.25, 0.3) is 0 Å². The summed E-state index contributed by atoms with van der Waals surface area (Å²) in [5.41, 5.74) is 0.421. The van der Waals surface area contributed by atoms with E-state index in [0.717, 1.165) is 12.1 Å². The molecule has 5 nitrogen and oxygen atoms in total. The maximum Gasteiger partial charge on any atom is 0.416 e. The predicted molar refractivity (Wildman–Crippen MR) is 93.0 cm³/mol. The van der Waals surface area contributed by atoms with Crippen molar-refractivity contribution >= 4 is 23.4 Å². The molecule has 0 aliphatic rings. The lowest BCUT2D eigenvalue weighted by molar-refractivity contribution is -0.137. The van der Waals surface area contributed by atoms with Gasteiger partial charge in [0.2, 0.25) is 5.90 Å². The molecule has 0 heterocycles. The lowest BCUT2D eigenvalue weighted by atomic mass is 10.1. The van der Waals surface area contributed by atoms with Gasteiger partial charge >= 0.3 is 12.3 Å². The second kappa shape index (κ2) is 8.19. The van der Waals surface area contributed by atoms with Crippen LogP contribution in [0.2, 0.25) is 0 Å². The molecule has 2 aromatic rings. The second-order valence-electron chi connectivity index (χ2n) is 5.06. The summed E-state index contributed by atoms with van der Waals surface area (Å²) in [7, 11) is 0. The van der Waals surface area contributed by atoms with Crippen LogP contribution in [-0.4, -0.2) is 18.6 Å². The van der Waals surface area contributed by atoms with Crippen LogP contribution in [0.15, 0.2) is 61.2 Å². The quantitative estimate of drug-likeness (QED) is 0.400. The third-order valence-corrected chi connectivity index (χ3v) is 3.19. The van der Waals surface area contributed by atoms with Crippen molar-refractivity contribution in [2.24, 2.45) is 0 Å². The first kappa shape index (κ1) is 19.0. The molecule has 0 bridgehead atoms. The molecule has 0 spiro atoms. The zero-order chi connectivity index (χ0) is 19.2. The Kier molecular flexibility index (Phi) is 6.00. The van der Waals surface area contributed by atoms with Crippen molar-refractivity contribution in [3.05, 3.63) is 72.3 Å². The van der Waals surface area contributed by atoms with Crippen molar-refractivity contribution in [3.8, 4) is 0 Å². The van der Waals surface area contributed by atoms with Crippen molar-refractivity contribution < 1.29 is 22.6 Å². The molecule has 0 radical (unpaired) electrons. The second-order valence-corrected chi connectivity index (χ2v) is 5.06. The van der Waals surface area contributed by atoms with Gasteiger partial charge in [-0.1, -0.05) is 24.8 Å². The van der Waals surface area contributed by atoms with Gasteiger partial charge in [0.1, 0.15) is 6.61 Å². The largest absolute Gasteiger partial charge is 0.446 e. The minimum atomic E-state index is -4.40. The summed E-state index contributed by atoms with van der Waals surface area (Å²) >= 11 is 0. The number of hydrogen-bond acceptors (Lipinski definition) is 5. The molecule has 2 rings (SSSR count). The molecule has 0 unspecified atom stereocenters. The fourth-order valence-electron chi connectivity index (χ4n) is 2.00. The van der Waals surface area contributed by atoms with Gasteiger partial charge in [0.05, 0.1) is 16.8 Å². The number of ether oxygens (including phenoxy) is 2. The Morgan fingerprint density at radius 3 is 2.35 bits per heavy atom. The van der Waals surface area contributed by atoms with Crippen molar-refractivity contribution in [2.45, 2.75) is 6.18 Å². The lowest BCUT2D eigenvalue weighted by Gasteiger charge is -2.14. The number of benzene rings is 2. The van der Waals surface area contributed by atoms with Gasteiger partial charge in [-0.15, -0.1) is 0 Å². The van der Waals surface area contributed by atoms with Crippen LogP contribution >= 0.6 is 0 Å². The van der Waals surface area contributed by atoms with Crippen molar-refractivity contribution in [3.63, 3.8) is 0 Å². The minimum Gasteiger partial charge on any atom is -0.446 e. The zero-order valence-electron chi connectivity index (χ0n) is 13.6. The smallest absolute Gasteiger partial charge is 0.416 e. The van der Waals surface area contributed by atoms with Crippen LogP contribution in [-0.2, 0) is 15.7 Å². The minimum absolute atomic E-state index is 0.0670. The Morgan fingerprint density at radius 1 is 1.08 bits per heavy atom. The SMILES string of the molecule is C=CCOC(=N)OC(=N)c1ccccc1Nc1ccc(C(F)(F)F)cc1. The highest BCUT2D eigenvalue weighted by Crippen LogP contribution is 2.30. The van der Waals surface area contributed by atoms with E-state index in [2.05, 4.69) is 11.9 Å². The van der Waals surface area contributed by atoms with Crippen LogP contribution in [0, 0.1) is 10.8 Å². The summed E-state index contributed by atoms with van der Waals surface area (Å²) in [5, 5.41) is 18.4. The number of nitrogens with one attached hydrogen (secondary N) is 3.